The van der Waals surface area contributed by atoms with Gasteiger partial charge in [0.15, 0.2) is 0 Å². The van der Waals surface area contributed by atoms with Gasteiger partial charge in [-0.25, -0.2) is 4.79 Å². The van der Waals surface area contributed by atoms with Crippen molar-refractivity contribution < 1.29 is 14.3 Å². The molecule has 0 radical (unpaired) electrons. The summed E-state index contributed by atoms with van der Waals surface area (Å²) in [4.78, 5) is 23.7. The fourth-order valence-electron chi connectivity index (χ4n) is 2.67. The van der Waals surface area contributed by atoms with Crippen LogP contribution in [0.4, 0.5) is 4.79 Å². The molecule has 122 valence electrons. The lowest BCUT2D eigenvalue weighted by atomic mass is 10.1. The highest BCUT2D eigenvalue weighted by molar-refractivity contribution is 5.79. The van der Waals surface area contributed by atoms with Gasteiger partial charge in [0, 0.05) is 18.5 Å². The van der Waals surface area contributed by atoms with Gasteiger partial charge in [-0.2, -0.15) is 5.26 Å². The second kappa shape index (κ2) is 8.79. The second-order valence-corrected chi connectivity index (χ2v) is 5.61. The number of benzene rings is 1. The molecule has 0 unspecified atom stereocenters. The molecule has 1 aliphatic rings. The molecule has 1 aromatic rings. The van der Waals surface area contributed by atoms with Crippen molar-refractivity contribution >= 4 is 12.0 Å². The molecule has 23 heavy (non-hydrogen) atoms. The van der Waals surface area contributed by atoms with E-state index in [9.17, 15) is 9.59 Å². The number of carbonyl (C=O) groups is 2. The first-order chi connectivity index (χ1) is 11.2. The number of rotatable bonds is 6. The predicted molar refractivity (Wildman–Crippen MR) is 84.1 cm³/mol. The molecule has 0 saturated heterocycles. The fraction of sp³-hybridized carbons (Fsp3) is 0.471. The van der Waals surface area contributed by atoms with Crippen LogP contribution in [0.1, 0.15) is 31.2 Å². The molecule has 6 heteroatoms. The van der Waals surface area contributed by atoms with E-state index in [0.717, 1.165) is 18.4 Å². The van der Waals surface area contributed by atoms with Crippen LogP contribution in [-0.4, -0.2) is 24.6 Å². The summed E-state index contributed by atoms with van der Waals surface area (Å²) in [5.41, 5.74) is 0.934. The van der Waals surface area contributed by atoms with Gasteiger partial charge in [-0.15, -0.1) is 0 Å². The Labute approximate surface area is 135 Å². The lowest BCUT2D eigenvalue weighted by molar-refractivity contribution is -0.124. The molecule has 0 spiro atoms. The Bertz CT molecular complexity index is 568. The molecule has 2 N–H and O–H groups in total. The van der Waals surface area contributed by atoms with Crippen molar-refractivity contribution in [1.29, 1.82) is 5.26 Å². The highest BCUT2D eigenvalue weighted by atomic mass is 16.5. The maximum Gasteiger partial charge on any atom is 0.407 e. The minimum atomic E-state index is -0.454. The van der Waals surface area contributed by atoms with Crippen molar-refractivity contribution in [2.24, 2.45) is 5.92 Å². The molecular weight excluding hydrogens is 294 g/mol. The topological polar surface area (TPSA) is 91.2 Å². The number of nitrogens with zero attached hydrogens (tertiary/aromatic N) is 1. The van der Waals surface area contributed by atoms with E-state index < -0.39 is 6.09 Å². The van der Waals surface area contributed by atoms with Crippen LogP contribution >= 0.6 is 0 Å². The summed E-state index contributed by atoms with van der Waals surface area (Å²) < 4.78 is 5.18. The third-order valence-electron chi connectivity index (χ3n) is 3.87. The quantitative estimate of drug-likeness (QED) is 0.787. The number of carbonyl (C=O) groups excluding carboxylic acids is 2. The van der Waals surface area contributed by atoms with Gasteiger partial charge in [0.05, 0.1) is 12.5 Å². The summed E-state index contributed by atoms with van der Waals surface area (Å²) in [5, 5.41) is 14.0. The van der Waals surface area contributed by atoms with Gasteiger partial charge in [0.2, 0.25) is 5.91 Å². The van der Waals surface area contributed by atoms with Gasteiger partial charge in [0.25, 0.3) is 0 Å². The standard InChI is InChI=1S/C17H21N3O3/c18-9-4-10-19-16(21)14-7-8-15(11-14)20-17(22)23-12-13-5-2-1-3-6-13/h1-3,5-6,14-15H,4,7-8,10-12H2,(H,19,21)(H,20,22)/t14-,15+/m1/s1. The summed E-state index contributed by atoms with van der Waals surface area (Å²) in [6.07, 6.45) is 1.97. The lowest BCUT2D eigenvalue weighted by Crippen LogP contribution is -2.35. The van der Waals surface area contributed by atoms with Crippen molar-refractivity contribution in [1.82, 2.24) is 10.6 Å². The zero-order valence-corrected chi connectivity index (χ0v) is 13.0. The monoisotopic (exact) mass is 315 g/mol. The summed E-state index contributed by atoms with van der Waals surface area (Å²) in [6, 6.07) is 11.4. The first-order valence-corrected chi connectivity index (χ1v) is 7.81. The van der Waals surface area contributed by atoms with E-state index in [1.165, 1.54) is 0 Å². The zero-order valence-electron chi connectivity index (χ0n) is 13.0. The van der Waals surface area contributed by atoms with Crippen LogP contribution in [0.3, 0.4) is 0 Å². The van der Waals surface area contributed by atoms with E-state index in [-0.39, 0.29) is 24.5 Å². The molecule has 1 fully saturated rings. The largest absolute Gasteiger partial charge is 0.445 e. The van der Waals surface area contributed by atoms with Crippen molar-refractivity contribution in [2.75, 3.05) is 6.54 Å². The minimum Gasteiger partial charge on any atom is -0.445 e. The van der Waals surface area contributed by atoms with Gasteiger partial charge in [0.1, 0.15) is 6.61 Å². The van der Waals surface area contributed by atoms with Gasteiger partial charge in [-0.05, 0) is 24.8 Å². The molecule has 1 aromatic carbocycles. The number of hydrogen-bond acceptors (Lipinski definition) is 4. The molecule has 1 saturated carbocycles. The molecule has 2 amide bonds. The number of amides is 2. The third kappa shape index (κ3) is 5.62. The zero-order chi connectivity index (χ0) is 16.5. The van der Waals surface area contributed by atoms with E-state index >= 15 is 0 Å². The molecule has 6 nitrogen and oxygen atoms in total. The average Bonchev–Trinajstić information content (AvgIpc) is 3.02. The Morgan fingerprint density at radius 2 is 2.04 bits per heavy atom. The Morgan fingerprint density at radius 3 is 2.78 bits per heavy atom. The number of nitriles is 1. The first kappa shape index (κ1) is 16.8. The molecule has 0 bridgehead atoms. The lowest BCUT2D eigenvalue weighted by Gasteiger charge is -2.13. The van der Waals surface area contributed by atoms with Crippen molar-refractivity contribution in [3.05, 3.63) is 35.9 Å². The van der Waals surface area contributed by atoms with Crippen LogP contribution in [0.5, 0.6) is 0 Å². The summed E-state index contributed by atoms with van der Waals surface area (Å²) in [7, 11) is 0. The molecule has 0 heterocycles. The highest BCUT2D eigenvalue weighted by Crippen LogP contribution is 2.25. The fourth-order valence-corrected chi connectivity index (χ4v) is 2.67. The van der Waals surface area contributed by atoms with Crippen molar-refractivity contribution in [2.45, 2.75) is 38.3 Å². The minimum absolute atomic E-state index is 0.0370. The van der Waals surface area contributed by atoms with Crippen molar-refractivity contribution in [3.63, 3.8) is 0 Å². The molecule has 1 aliphatic carbocycles. The van der Waals surface area contributed by atoms with Crippen LogP contribution in [0.25, 0.3) is 0 Å². The smallest absolute Gasteiger partial charge is 0.407 e. The highest BCUT2D eigenvalue weighted by Gasteiger charge is 2.30. The van der Waals surface area contributed by atoms with E-state index in [4.69, 9.17) is 10.00 Å². The number of ether oxygens (including phenoxy) is 1. The van der Waals surface area contributed by atoms with E-state index in [1.54, 1.807) is 0 Å². The molecule has 0 aromatic heterocycles. The molecule has 2 rings (SSSR count). The maximum absolute atomic E-state index is 11.9. The number of nitrogens with one attached hydrogen (secondary N) is 2. The Kier molecular flexibility index (Phi) is 6.42. The van der Waals surface area contributed by atoms with Gasteiger partial charge >= 0.3 is 6.09 Å². The number of alkyl carbamates (subject to hydrolysis) is 1. The van der Waals surface area contributed by atoms with Crippen molar-refractivity contribution in [3.8, 4) is 6.07 Å². The second-order valence-electron chi connectivity index (χ2n) is 5.61. The van der Waals surface area contributed by atoms with E-state index in [2.05, 4.69) is 10.6 Å². The average molecular weight is 315 g/mol. The third-order valence-corrected chi connectivity index (χ3v) is 3.87. The van der Waals surface area contributed by atoms with E-state index in [0.29, 0.717) is 19.4 Å². The summed E-state index contributed by atoms with van der Waals surface area (Å²) >= 11 is 0. The van der Waals surface area contributed by atoms with Crippen LogP contribution in [0.2, 0.25) is 0 Å². The normalized spacial score (nSPS) is 19.6. The van der Waals surface area contributed by atoms with Gasteiger partial charge < -0.3 is 15.4 Å². The Morgan fingerprint density at radius 1 is 1.26 bits per heavy atom. The summed E-state index contributed by atoms with van der Waals surface area (Å²) in [5.74, 6) is -0.143. The van der Waals surface area contributed by atoms with Crippen LogP contribution in [-0.2, 0) is 16.1 Å². The van der Waals surface area contributed by atoms with Gasteiger partial charge in [-0.3, -0.25) is 4.79 Å². The SMILES string of the molecule is N#CCCNC(=O)[C@@H]1CC[C@H](NC(=O)OCc2ccccc2)C1. The van der Waals surface area contributed by atoms with Crippen LogP contribution in [0.15, 0.2) is 30.3 Å². The Hall–Kier alpha value is -2.55. The van der Waals surface area contributed by atoms with Crippen LogP contribution < -0.4 is 10.6 Å². The molecule has 0 aliphatic heterocycles. The predicted octanol–water partition coefficient (Wildman–Crippen LogP) is 2.11. The maximum atomic E-state index is 11.9. The summed E-state index contributed by atoms with van der Waals surface area (Å²) in [6.45, 7) is 0.612. The van der Waals surface area contributed by atoms with E-state index in [1.807, 2.05) is 36.4 Å². The number of hydrogen-bond donors (Lipinski definition) is 2. The van der Waals surface area contributed by atoms with Crippen LogP contribution in [0, 0.1) is 17.2 Å². The molecule has 2 atom stereocenters. The van der Waals surface area contributed by atoms with Gasteiger partial charge in [-0.1, -0.05) is 30.3 Å². The first-order valence-electron chi connectivity index (χ1n) is 7.81. The Balaban J connectivity index is 1.67. The molecular formula is C17H21N3O3.